The molecule has 8 heteroatoms. The molecule has 2 aromatic carbocycles. The maximum Gasteiger partial charge on any atom is 0.308 e. The number of hydrogen-bond acceptors (Lipinski definition) is 5. The quantitative estimate of drug-likeness (QED) is 0.564. The van der Waals surface area contributed by atoms with Crippen LogP contribution in [-0.4, -0.2) is 24.0 Å². The molecular formula is C24H19ClFN3O3. The summed E-state index contributed by atoms with van der Waals surface area (Å²) in [5.74, 6) is -2.07. The predicted octanol–water partition coefficient (Wildman–Crippen LogP) is 4.29. The Hall–Kier alpha value is -3.76. The molecule has 6 nitrogen and oxygen atoms in total. The zero-order valence-electron chi connectivity index (χ0n) is 17.4. The van der Waals surface area contributed by atoms with E-state index in [1.807, 2.05) is 6.92 Å². The molecule has 0 saturated carbocycles. The lowest BCUT2D eigenvalue weighted by Crippen LogP contribution is -2.49. The molecule has 1 N–H and O–H groups in total. The van der Waals surface area contributed by atoms with Crippen molar-refractivity contribution in [3.63, 3.8) is 0 Å². The van der Waals surface area contributed by atoms with E-state index in [9.17, 15) is 14.0 Å². The number of rotatable bonds is 6. The van der Waals surface area contributed by atoms with Crippen molar-refractivity contribution in [2.75, 3.05) is 7.11 Å². The molecule has 0 aliphatic rings. The number of aryl methyl sites for hydroxylation is 1. The third kappa shape index (κ3) is 4.76. The number of esters is 1. The Labute approximate surface area is 189 Å². The van der Waals surface area contributed by atoms with Crippen molar-refractivity contribution in [2.24, 2.45) is 0 Å². The fraction of sp³-hybridized carbons (Fsp3) is 0.167. The molecule has 0 fully saturated rings. The largest absolute Gasteiger partial charge is 0.469 e. The SMILES string of the molecule is COC(=O)CC(NC(=O)c1ccc(C#N)c(F)c1)(c1ccc(Cl)cc1)c1ccc(C)cn1. The van der Waals surface area contributed by atoms with Gasteiger partial charge in [-0.15, -0.1) is 0 Å². The van der Waals surface area contributed by atoms with Crippen molar-refractivity contribution in [1.82, 2.24) is 10.3 Å². The van der Waals surface area contributed by atoms with Crippen LogP contribution in [0.1, 0.15) is 39.2 Å². The smallest absolute Gasteiger partial charge is 0.308 e. The van der Waals surface area contributed by atoms with Gasteiger partial charge in [0.15, 0.2) is 0 Å². The van der Waals surface area contributed by atoms with Gasteiger partial charge < -0.3 is 10.1 Å². The van der Waals surface area contributed by atoms with Gasteiger partial charge in [0.05, 0.1) is 24.8 Å². The molecule has 0 radical (unpaired) electrons. The van der Waals surface area contributed by atoms with Crippen LogP contribution in [-0.2, 0) is 15.1 Å². The summed E-state index contributed by atoms with van der Waals surface area (Å²) in [5.41, 5.74) is 0.186. The number of aromatic nitrogens is 1. The summed E-state index contributed by atoms with van der Waals surface area (Å²) < 4.78 is 19.0. The van der Waals surface area contributed by atoms with Gasteiger partial charge >= 0.3 is 5.97 Å². The number of halogens is 2. The zero-order valence-corrected chi connectivity index (χ0v) is 18.1. The van der Waals surface area contributed by atoms with Crippen molar-refractivity contribution in [3.8, 4) is 6.07 Å². The molecule has 162 valence electrons. The summed E-state index contributed by atoms with van der Waals surface area (Å²) in [4.78, 5) is 30.1. The number of nitriles is 1. The molecule has 3 aromatic rings. The number of methoxy groups -OCH3 is 1. The van der Waals surface area contributed by atoms with Crippen LogP contribution in [0.5, 0.6) is 0 Å². The highest BCUT2D eigenvalue weighted by Gasteiger charge is 2.40. The van der Waals surface area contributed by atoms with Gasteiger partial charge in [0.2, 0.25) is 0 Å². The number of pyridine rings is 1. The summed E-state index contributed by atoms with van der Waals surface area (Å²) in [6.45, 7) is 1.86. The van der Waals surface area contributed by atoms with Gasteiger partial charge in [-0.05, 0) is 54.4 Å². The fourth-order valence-corrected chi connectivity index (χ4v) is 3.40. The first-order chi connectivity index (χ1) is 15.3. The molecule has 1 atom stereocenters. The first-order valence-corrected chi connectivity index (χ1v) is 9.95. The fourth-order valence-electron chi connectivity index (χ4n) is 3.28. The van der Waals surface area contributed by atoms with E-state index in [2.05, 4.69) is 10.3 Å². The number of nitrogens with zero attached hydrogens (tertiary/aromatic N) is 2. The van der Waals surface area contributed by atoms with Gasteiger partial charge in [-0.25, -0.2) is 4.39 Å². The van der Waals surface area contributed by atoms with Crippen molar-refractivity contribution in [1.29, 1.82) is 5.26 Å². The molecule has 0 aliphatic carbocycles. The average Bonchev–Trinajstić information content (AvgIpc) is 2.79. The van der Waals surface area contributed by atoms with E-state index in [0.717, 1.165) is 11.6 Å². The van der Waals surface area contributed by atoms with Crippen LogP contribution in [0, 0.1) is 24.1 Å². The lowest BCUT2D eigenvalue weighted by atomic mass is 9.82. The van der Waals surface area contributed by atoms with Crippen molar-refractivity contribution in [3.05, 3.63) is 99.6 Å². The molecule has 0 saturated heterocycles. The summed E-state index contributed by atoms with van der Waals surface area (Å²) in [6, 6.07) is 15.4. The Kier molecular flexibility index (Phi) is 6.86. The highest BCUT2D eigenvalue weighted by Crippen LogP contribution is 2.34. The molecule has 1 unspecified atom stereocenters. The van der Waals surface area contributed by atoms with E-state index in [0.29, 0.717) is 16.3 Å². The van der Waals surface area contributed by atoms with E-state index < -0.39 is 23.2 Å². The molecule has 3 rings (SSSR count). The molecule has 0 spiro atoms. The van der Waals surface area contributed by atoms with Gasteiger partial charge in [0.25, 0.3) is 5.91 Å². The first-order valence-electron chi connectivity index (χ1n) is 9.57. The number of carbonyl (C=O) groups excluding carboxylic acids is 2. The Morgan fingerprint density at radius 3 is 2.47 bits per heavy atom. The minimum Gasteiger partial charge on any atom is -0.469 e. The van der Waals surface area contributed by atoms with Crippen LogP contribution >= 0.6 is 11.6 Å². The number of ether oxygens (including phenoxy) is 1. The van der Waals surface area contributed by atoms with E-state index in [-0.39, 0.29) is 17.5 Å². The molecule has 0 bridgehead atoms. The van der Waals surface area contributed by atoms with E-state index in [1.165, 1.54) is 19.2 Å². The molecule has 1 heterocycles. The van der Waals surface area contributed by atoms with E-state index in [4.69, 9.17) is 21.6 Å². The maximum absolute atomic E-state index is 14.1. The van der Waals surface area contributed by atoms with Crippen LogP contribution in [0.15, 0.2) is 60.8 Å². The standard InChI is InChI=1S/C24H19ClFN3O3/c1-15-3-10-21(28-14-15)24(12-22(30)32-2,18-6-8-19(25)9-7-18)29-23(31)16-4-5-17(13-27)20(26)11-16/h3-11,14H,12H2,1-2H3,(H,29,31). The third-order valence-electron chi connectivity index (χ3n) is 5.00. The van der Waals surface area contributed by atoms with Gasteiger partial charge in [0.1, 0.15) is 17.4 Å². The van der Waals surface area contributed by atoms with Gasteiger partial charge in [-0.3, -0.25) is 14.6 Å². The molecule has 1 amide bonds. The van der Waals surface area contributed by atoms with Crippen molar-refractivity contribution >= 4 is 23.5 Å². The third-order valence-corrected chi connectivity index (χ3v) is 5.25. The minimum atomic E-state index is -1.42. The summed E-state index contributed by atoms with van der Waals surface area (Å²) in [5, 5.41) is 12.3. The summed E-state index contributed by atoms with van der Waals surface area (Å²) in [6.07, 6.45) is 1.34. The number of benzene rings is 2. The Morgan fingerprint density at radius 1 is 1.19 bits per heavy atom. The second-order valence-electron chi connectivity index (χ2n) is 7.15. The number of hydrogen-bond donors (Lipinski definition) is 1. The van der Waals surface area contributed by atoms with Crippen molar-refractivity contribution in [2.45, 2.75) is 18.9 Å². The number of amides is 1. The van der Waals surface area contributed by atoms with Gasteiger partial charge in [-0.1, -0.05) is 29.8 Å². The summed E-state index contributed by atoms with van der Waals surface area (Å²) in [7, 11) is 1.25. The molecule has 32 heavy (non-hydrogen) atoms. The van der Waals surface area contributed by atoms with Crippen molar-refractivity contribution < 1.29 is 18.7 Å². The van der Waals surface area contributed by atoms with Crippen LogP contribution in [0.2, 0.25) is 5.02 Å². The van der Waals surface area contributed by atoms with E-state index in [1.54, 1.807) is 48.7 Å². The Bertz CT molecular complexity index is 1140. The summed E-state index contributed by atoms with van der Waals surface area (Å²) >= 11 is 6.05. The van der Waals surface area contributed by atoms with Crippen LogP contribution in [0.25, 0.3) is 0 Å². The molecular weight excluding hydrogens is 433 g/mol. The topological polar surface area (TPSA) is 92.1 Å². The number of carbonyl (C=O) groups is 2. The average molecular weight is 452 g/mol. The normalized spacial score (nSPS) is 12.3. The van der Waals surface area contributed by atoms with Gasteiger partial charge in [0, 0.05) is 16.8 Å². The first kappa shape index (κ1) is 22.9. The number of nitrogens with one attached hydrogen (secondary N) is 1. The zero-order chi connectivity index (χ0) is 23.3. The molecule has 1 aromatic heterocycles. The minimum absolute atomic E-state index is 0.0168. The Morgan fingerprint density at radius 2 is 1.91 bits per heavy atom. The monoisotopic (exact) mass is 451 g/mol. The van der Waals surface area contributed by atoms with E-state index >= 15 is 0 Å². The maximum atomic E-state index is 14.1. The predicted molar refractivity (Wildman–Crippen MR) is 116 cm³/mol. The highest BCUT2D eigenvalue weighted by atomic mass is 35.5. The van der Waals surface area contributed by atoms with Crippen LogP contribution in [0.4, 0.5) is 4.39 Å². The Balaban J connectivity index is 2.17. The second kappa shape index (κ2) is 9.58. The van der Waals surface area contributed by atoms with Crippen LogP contribution in [0.3, 0.4) is 0 Å². The lowest BCUT2D eigenvalue weighted by molar-refractivity contribution is -0.142. The highest BCUT2D eigenvalue weighted by molar-refractivity contribution is 6.30. The molecule has 0 aliphatic heterocycles. The van der Waals surface area contributed by atoms with Gasteiger partial charge in [-0.2, -0.15) is 5.26 Å². The van der Waals surface area contributed by atoms with Crippen LogP contribution < -0.4 is 5.32 Å². The second-order valence-corrected chi connectivity index (χ2v) is 7.58. The lowest BCUT2D eigenvalue weighted by Gasteiger charge is -2.34.